The zero-order chi connectivity index (χ0) is 12.3. The molecule has 88 valence electrons. The van der Waals surface area contributed by atoms with Crippen LogP contribution >= 0.6 is 22.6 Å². The molecule has 0 aliphatic rings. The first-order valence-electron chi connectivity index (χ1n) is 4.95. The fraction of sp³-hybridized carbons (Fsp3) is 0.364. The minimum Gasteiger partial charge on any atom is -0.504 e. The van der Waals surface area contributed by atoms with Gasteiger partial charge in [0, 0.05) is 9.13 Å². The minimum atomic E-state index is -1.42. The Morgan fingerprint density at radius 1 is 1.38 bits per heavy atom. The third kappa shape index (κ3) is 2.58. The predicted octanol–water partition coefficient (Wildman–Crippen LogP) is 3.18. The summed E-state index contributed by atoms with van der Waals surface area (Å²) in [5.41, 5.74) is 1.80. The number of aromatic hydroxyl groups is 1. The van der Waals surface area contributed by atoms with Gasteiger partial charge in [-0.1, -0.05) is 13.8 Å². The van der Waals surface area contributed by atoms with Crippen LogP contribution in [0.3, 0.4) is 0 Å². The van der Waals surface area contributed by atoms with Crippen molar-refractivity contribution in [2.75, 3.05) is 0 Å². The number of ether oxygens (including phenoxy) is 1. The maximum atomic E-state index is 10.5. The maximum Gasteiger partial charge on any atom is 0.511 e. The minimum absolute atomic E-state index is 0.00551. The molecule has 0 saturated heterocycles. The van der Waals surface area contributed by atoms with Crippen molar-refractivity contribution in [2.45, 2.75) is 26.7 Å². The van der Waals surface area contributed by atoms with Gasteiger partial charge in [0.15, 0.2) is 11.5 Å². The molecule has 4 nitrogen and oxygen atoms in total. The van der Waals surface area contributed by atoms with Crippen LogP contribution in [0.5, 0.6) is 11.5 Å². The third-order valence-corrected chi connectivity index (χ3v) is 3.30. The zero-order valence-electron chi connectivity index (χ0n) is 9.08. The van der Waals surface area contributed by atoms with Gasteiger partial charge in [0.2, 0.25) is 0 Å². The van der Waals surface area contributed by atoms with Crippen molar-refractivity contribution in [3.05, 3.63) is 20.8 Å². The van der Waals surface area contributed by atoms with Crippen LogP contribution in [-0.2, 0) is 12.8 Å². The second kappa shape index (κ2) is 5.38. The summed E-state index contributed by atoms with van der Waals surface area (Å²) in [5, 5.41) is 18.4. The van der Waals surface area contributed by atoms with Gasteiger partial charge in [-0.3, -0.25) is 0 Å². The molecule has 0 aliphatic heterocycles. The molecule has 0 atom stereocenters. The van der Waals surface area contributed by atoms with Crippen LogP contribution in [0.15, 0.2) is 6.07 Å². The van der Waals surface area contributed by atoms with Crippen molar-refractivity contribution in [1.82, 2.24) is 0 Å². The molecular formula is C11H13IO4. The monoisotopic (exact) mass is 336 g/mol. The van der Waals surface area contributed by atoms with E-state index in [1.165, 1.54) is 0 Å². The molecule has 1 aromatic rings. The smallest absolute Gasteiger partial charge is 0.504 e. The molecule has 1 aromatic carbocycles. The highest BCUT2D eigenvalue weighted by Gasteiger charge is 2.16. The average Bonchev–Trinajstić information content (AvgIpc) is 2.21. The van der Waals surface area contributed by atoms with E-state index >= 15 is 0 Å². The first-order chi connectivity index (χ1) is 7.51. The predicted molar refractivity (Wildman–Crippen MR) is 68.2 cm³/mol. The summed E-state index contributed by atoms with van der Waals surface area (Å²) >= 11 is 2.11. The van der Waals surface area contributed by atoms with Crippen molar-refractivity contribution >= 4 is 28.7 Å². The summed E-state index contributed by atoms with van der Waals surface area (Å²) in [6.45, 7) is 3.91. The highest BCUT2D eigenvalue weighted by molar-refractivity contribution is 14.1. The number of halogens is 1. The molecule has 0 fully saturated rings. The van der Waals surface area contributed by atoms with Crippen molar-refractivity contribution in [3.8, 4) is 11.5 Å². The Morgan fingerprint density at radius 2 is 1.94 bits per heavy atom. The van der Waals surface area contributed by atoms with Crippen LogP contribution in [-0.4, -0.2) is 16.4 Å². The quantitative estimate of drug-likeness (QED) is 0.505. The van der Waals surface area contributed by atoms with Gasteiger partial charge < -0.3 is 14.9 Å². The SMILES string of the molecule is CCc1c(I)cc(OC(=O)O)c(O)c1CC. The van der Waals surface area contributed by atoms with Gasteiger partial charge in [0.05, 0.1) is 0 Å². The van der Waals surface area contributed by atoms with E-state index in [2.05, 4.69) is 27.3 Å². The molecule has 0 aliphatic carbocycles. The molecule has 1 rings (SSSR count). The van der Waals surface area contributed by atoms with Crippen molar-refractivity contribution in [1.29, 1.82) is 0 Å². The fourth-order valence-electron chi connectivity index (χ4n) is 1.64. The molecule has 0 bridgehead atoms. The summed E-state index contributed by atoms with van der Waals surface area (Å²) in [7, 11) is 0. The van der Waals surface area contributed by atoms with Crippen molar-refractivity contribution in [3.63, 3.8) is 0 Å². The second-order valence-corrected chi connectivity index (χ2v) is 4.40. The lowest BCUT2D eigenvalue weighted by atomic mass is 10.0. The lowest BCUT2D eigenvalue weighted by Gasteiger charge is -2.13. The van der Waals surface area contributed by atoms with E-state index in [-0.39, 0.29) is 11.5 Å². The van der Waals surface area contributed by atoms with Gasteiger partial charge in [0.1, 0.15) is 0 Å². The Kier molecular flexibility index (Phi) is 4.40. The lowest BCUT2D eigenvalue weighted by molar-refractivity contribution is 0.142. The van der Waals surface area contributed by atoms with Gasteiger partial charge in [-0.05, 0) is 47.1 Å². The molecule has 0 radical (unpaired) electrons. The Morgan fingerprint density at radius 3 is 2.38 bits per heavy atom. The number of benzene rings is 1. The number of carbonyl (C=O) groups is 1. The van der Waals surface area contributed by atoms with E-state index in [9.17, 15) is 9.90 Å². The Labute approximate surface area is 107 Å². The Hall–Kier alpha value is -0.980. The fourth-order valence-corrected chi connectivity index (χ4v) is 2.63. The van der Waals surface area contributed by atoms with E-state index in [4.69, 9.17) is 5.11 Å². The summed E-state index contributed by atoms with van der Waals surface area (Å²) in [6.07, 6.45) is 0.0156. The van der Waals surface area contributed by atoms with Gasteiger partial charge in [-0.2, -0.15) is 0 Å². The molecule has 0 spiro atoms. The Bertz CT molecular complexity index is 415. The van der Waals surface area contributed by atoms with E-state index < -0.39 is 6.16 Å². The highest BCUT2D eigenvalue weighted by atomic mass is 127. The molecule has 0 saturated carbocycles. The van der Waals surface area contributed by atoms with Crippen molar-refractivity contribution in [2.24, 2.45) is 0 Å². The van der Waals surface area contributed by atoms with Crippen LogP contribution in [0, 0.1) is 3.57 Å². The number of hydrogen-bond acceptors (Lipinski definition) is 3. The van der Waals surface area contributed by atoms with Crippen LogP contribution < -0.4 is 4.74 Å². The first kappa shape index (κ1) is 13.1. The number of phenols is 1. The number of phenolic OH excluding ortho intramolecular Hbond substituents is 1. The molecular weight excluding hydrogens is 323 g/mol. The molecule has 0 aromatic heterocycles. The van der Waals surface area contributed by atoms with E-state index in [0.717, 1.165) is 21.1 Å². The first-order valence-corrected chi connectivity index (χ1v) is 6.03. The molecule has 16 heavy (non-hydrogen) atoms. The largest absolute Gasteiger partial charge is 0.511 e. The highest BCUT2D eigenvalue weighted by Crippen LogP contribution is 2.36. The Balaban J connectivity index is 3.33. The molecule has 0 unspecified atom stereocenters. The number of hydrogen-bond donors (Lipinski definition) is 2. The number of rotatable bonds is 3. The molecule has 2 N–H and O–H groups in total. The van der Waals surface area contributed by atoms with Gasteiger partial charge in [-0.15, -0.1) is 0 Å². The van der Waals surface area contributed by atoms with E-state index in [1.807, 2.05) is 13.8 Å². The van der Waals surface area contributed by atoms with E-state index in [0.29, 0.717) is 6.42 Å². The van der Waals surface area contributed by atoms with Crippen LogP contribution in [0.25, 0.3) is 0 Å². The molecule has 5 heteroatoms. The second-order valence-electron chi connectivity index (χ2n) is 3.24. The van der Waals surface area contributed by atoms with Gasteiger partial charge in [-0.25, -0.2) is 4.79 Å². The van der Waals surface area contributed by atoms with Gasteiger partial charge >= 0.3 is 6.16 Å². The topological polar surface area (TPSA) is 66.8 Å². The summed E-state index contributed by atoms with van der Waals surface area (Å²) in [4.78, 5) is 10.5. The third-order valence-electron chi connectivity index (χ3n) is 2.33. The zero-order valence-corrected chi connectivity index (χ0v) is 11.2. The summed E-state index contributed by atoms with van der Waals surface area (Å²) in [6, 6.07) is 1.54. The van der Waals surface area contributed by atoms with Crippen LogP contribution in [0.2, 0.25) is 0 Å². The average molecular weight is 336 g/mol. The number of carboxylic acid groups (broad SMARTS) is 1. The maximum absolute atomic E-state index is 10.5. The van der Waals surface area contributed by atoms with Crippen LogP contribution in [0.1, 0.15) is 25.0 Å². The molecule has 0 amide bonds. The standard InChI is InChI=1S/C11H13IO4/c1-3-6-7(4-2)10(13)9(5-8(6)12)16-11(14)15/h5,13H,3-4H2,1-2H3,(H,14,15). The van der Waals surface area contributed by atoms with Crippen LogP contribution in [0.4, 0.5) is 4.79 Å². The van der Waals surface area contributed by atoms with Crippen molar-refractivity contribution < 1.29 is 19.7 Å². The summed E-state index contributed by atoms with van der Waals surface area (Å²) < 4.78 is 5.44. The van der Waals surface area contributed by atoms with Gasteiger partial charge in [0.25, 0.3) is 0 Å². The molecule has 0 heterocycles. The van der Waals surface area contributed by atoms with E-state index in [1.54, 1.807) is 6.07 Å². The lowest BCUT2D eigenvalue weighted by Crippen LogP contribution is -2.06. The summed E-state index contributed by atoms with van der Waals surface area (Å²) in [5.74, 6) is -0.0619. The normalized spacial score (nSPS) is 10.2.